The average Bonchev–Trinajstić information content (AvgIpc) is 3.02. The van der Waals surface area contributed by atoms with Gasteiger partial charge < -0.3 is 4.74 Å². The molecule has 1 aliphatic rings. The summed E-state index contributed by atoms with van der Waals surface area (Å²) in [5.74, 6) is 0. The normalized spacial score (nSPS) is 19.7. The van der Waals surface area contributed by atoms with Crippen LogP contribution in [-0.2, 0) is 17.7 Å². The van der Waals surface area contributed by atoms with Gasteiger partial charge in [0.15, 0.2) is 0 Å². The molecule has 1 atom stereocenters. The zero-order chi connectivity index (χ0) is 14.3. The van der Waals surface area contributed by atoms with Crippen LogP contribution in [0.4, 0.5) is 0 Å². The summed E-state index contributed by atoms with van der Waals surface area (Å²) in [7, 11) is 0. The number of aryl methyl sites for hydroxylation is 1. The van der Waals surface area contributed by atoms with Crippen LogP contribution in [0.15, 0.2) is 48.8 Å². The van der Waals surface area contributed by atoms with Crippen molar-refractivity contribution in [3.63, 3.8) is 0 Å². The van der Waals surface area contributed by atoms with Gasteiger partial charge in [-0.2, -0.15) is 5.10 Å². The SMILES string of the molecule is c1ccc(CCCN2CCO[C@@H](Cn3cccn3)C2)cc1. The van der Waals surface area contributed by atoms with E-state index in [0.717, 1.165) is 39.2 Å². The third kappa shape index (κ3) is 4.41. The molecule has 21 heavy (non-hydrogen) atoms. The van der Waals surface area contributed by atoms with Crippen molar-refractivity contribution in [2.75, 3.05) is 26.2 Å². The van der Waals surface area contributed by atoms with Crippen molar-refractivity contribution in [2.45, 2.75) is 25.5 Å². The maximum atomic E-state index is 5.84. The van der Waals surface area contributed by atoms with E-state index in [1.54, 1.807) is 0 Å². The van der Waals surface area contributed by atoms with E-state index in [1.165, 1.54) is 12.0 Å². The third-order valence-electron chi connectivity index (χ3n) is 3.96. The number of nitrogens with zero attached hydrogens (tertiary/aromatic N) is 3. The first-order valence-corrected chi connectivity index (χ1v) is 7.75. The van der Waals surface area contributed by atoms with E-state index >= 15 is 0 Å². The zero-order valence-corrected chi connectivity index (χ0v) is 12.4. The standard InChI is InChI=1S/C17H23N3O/c1-2-6-16(7-3-1)8-4-10-19-12-13-21-17(14-19)15-20-11-5-9-18-20/h1-3,5-7,9,11,17H,4,8,10,12-15H2/t17-/m1/s1. The van der Waals surface area contributed by atoms with Gasteiger partial charge in [0.2, 0.25) is 0 Å². The Labute approximate surface area is 126 Å². The molecule has 1 saturated heterocycles. The molecule has 0 N–H and O–H groups in total. The molecule has 2 aromatic rings. The molecule has 4 heteroatoms. The Balaban J connectivity index is 1.41. The van der Waals surface area contributed by atoms with Crippen molar-refractivity contribution in [1.82, 2.24) is 14.7 Å². The minimum absolute atomic E-state index is 0.260. The van der Waals surface area contributed by atoms with Crippen LogP contribution in [0.2, 0.25) is 0 Å². The van der Waals surface area contributed by atoms with Gasteiger partial charge in [0.25, 0.3) is 0 Å². The Morgan fingerprint density at radius 3 is 2.90 bits per heavy atom. The molecule has 1 fully saturated rings. The Kier molecular flexibility index (Phi) is 5.03. The Bertz CT molecular complexity index is 512. The van der Waals surface area contributed by atoms with E-state index in [9.17, 15) is 0 Å². The second-order valence-corrected chi connectivity index (χ2v) is 5.61. The predicted molar refractivity (Wildman–Crippen MR) is 83.2 cm³/mol. The van der Waals surface area contributed by atoms with E-state index in [1.807, 2.05) is 23.1 Å². The van der Waals surface area contributed by atoms with Crippen LogP contribution in [0.5, 0.6) is 0 Å². The summed E-state index contributed by atoms with van der Waals surface area (Å²) in [5.41, 5.74) is 1.43. The number of benzene rings is 1. The fraction of sp³-hybridized carbons (Fsp3) is 0.471. The van der Waals surface area contributed by atoms with Gasteiger partial charge in [0, 0.05) is 25.5 Å². The minimum Gasteiger partial charge on any atom is -0.374 e. The average molecular weight is 285 g/mol. The van der Waals surface area contributed by atoms with Crippen molar-refractivity contribution >= 4 is 0 Å². The molecule has 2 heterocycles. The van der Waals surface area contributed by atoms with Crippen LogP contribution in [0, 0.1) is 0 Å². The van der Waals surface area contributed by atoms with Crippen molar-refractivity contribution in [3.8, 4) is 0 Å². The van der Waals surface area contributed by atoms with Crippen LogP contribution in [-0.4, -0.2) is 47.0 Å². The highest BCUT2D eigenvalue weighted by Gasteiger charge is 2.20. The number of morpholine rings is 1. The van der Waals surface area contributed by atoms with Crippen LogP contribution < -0.4 is 0 Å². The Hall–Kier alpha value is -1.65. The van der Waals surface area contributed by atoms with Gasteiger partial charge in [-0.05, 0) is 31.0 Å². The van der Waals surface area contributed by atoms with Gasteiger partial charge in [-0.25, -0.2) is 0 Å². The van der Waals surface area contributed by atoms with Crippen LogP contribution in [0.3, 0.4) is 0 Å². The first kappa shape index (κ1) is 14.3. The number of rotatable bonds is 6. The lowest BCUT2D eigenvalue weighted by atomic mass is 10.1. The second kappa shape index (κ2) is 7.38. The summed E-state index contributed by atoms with van der Waals surface area (Å²) in [6.07, 6.45) is 6.44. The zero-order valence-electron chi connectivity index (χ0n) is 12.4. The van der Waals surface area contributed by atoms with Crippen molar-refractivity contribution in [3.05, 3.63) is 54.4 Å². The number of hydrogen-bond donors (Lipinski definition) is 0. The Morgan fingerprint density at radius 1 is 1.19 bits per heavy atom. The van der Waals surface area contributed by atoms with Crippen LogP contribution >= 0.6 is 0 Å². The van der Waals surface area contributed by atoms with E-state index in [-0.39, 0.29) is 6.10 Å². The summed E-state index contributed by atoms with van der Waals surface area (Å²) in [4.78, 5) is 2.51. The monoisotopic (exact) mass is 285 g/mol. The van der Waals surface area contributed by atoms with E-state index in [0.29, 0.717) is 0 Å². The second-order valence-electron chi connectivity index (χ2n) is 5.61. The lowest BCUT2D eigenvalue weighted by Crippen LogP contribution is -2.44. The largest absolute Gasteiger partial charge is 0.374 e. The summed E-state index contributed by atoms with van der Waals surface area (Å²) in [6.45, 7) is 4.88. The molecule has 0 radical (unpaired) electrons. The highest BCUT2D eigenvalue weighted by atomic mass is 16.5. The number of hydrogen-bond acceptors (Lipinski definition) is 3. The van der Waals surface area contributed by atoms with Crippen molar-refractivity contribution in [2.24, 2.45) is 0 Å². The van der Waals surface area contributed by atoms with Crippen molar-refractivity contribution < 1.29 is 4.74 Å². The first-order chi connectivity index (χ1) is 10.4. The summed E-state index contributed by atoms with van der Waals surface area (Å²) < 4.78 is 7.80. The molecule has 1 aromatic heterocycles. The lowest BCUT2D eigenvalue weighted by Gasteiger charge is -2.32. The molecule has 4 nitrogen and oxygen atoms in total. The molecule has 112 valence electrons. The van der Waals surface area contributed by atoms with Gasteiger partial charge in [0.1, 0.15) is 0 Å². The smallest absolute Gasteiger partial charge is 0.0898 e. The summed E-state index contributed by atoms with van der Waals surface area (Å²) in [5, 5.41) is 4.26. The minimum atomic E-state index is 0.260. The maximum absolute atomic E-state index is 5.84. The van der Waals surface area contributed by atoms with Gasteiger partial charge in [-0.15, -0.1) is 0 Å². The molecule has 3 rings (SSSR count). The fourth-order valence-electron chi connectivity index (χ4n) is 2.86. The molecule has 1 aliphatic heterocycles. The quantitative estimate of drug-likeness (QED) is 0.815. The molecule has 0 saturated carbocycles. The van der Waals surface area contributed by atoms with E-state index in [4.69, 9.17) is 4.74 Å². The maximum Gasteiger partial charge on any atom is 0.0898 e. The van der Waals surface area contributed by atoms with Crippen LogP contribution in [0.1, 0.15) is 12.0 Å². The molecule has 0 amide bonds. The van der Waals surface area contributed by atoms with Crippen molar-refractivity contribution in [1.29, 1.82) is 0 Å². The van der Waals surface area contributed by atoms with Gasteiger partial charge in [-0.1, -0.05) is 30.3 Å². The van der Waals surface area contributed by atoms with Gasteiger partial charge in [-0.3, -0.25) is 9.58 Å². The first-order valence-electron chi connectivity index (χ1n) is 7.75. The fourth-order valence-corrected chi connectivity index (χ4v) is 2.86. The molecular weight excluding hydrogens is 262 g/mol. The number of aromatic nitrogens is 2. The van der Waals surface area contributed by atoms with Crippen LogP contribution in [0.25, 0.3) is 0 Å². The molecule has 0 unspecified atom stereocenters. The topological polar surface area (TPSA) is 30.3 Å². The van der Waals surface area contributed by atoms with Gasteiger partial charge >= 0.3 is 0 Å². The highest BCUT2D eigenvalue weighted by molar-refractivity contribution is 5.14. The third-order valence-corrected chi connectivity index (χ3v) is 3.96. The summed E-state index contributed by atoms with van der Waals surface area (Å²) >= 11 is 0. The summed E-state index contributed by atoms with van der Waals surface area (Å²) in [6, 6.07) is 12.7. The Morgan fingerprint density at radius 2 is 2.10 bits per heavy atom. The van der Waals surface area contributed by atoms with E-state index < -0.39 is 0 Å². The van der Waals surface area contributed by atoms with Gasteiger partial charge in [0.05, 0.1) is 19.3 Å². The molecular formula is C17H23N3O. The highest BCUT2D eigenvalue weighted by Crippen LogP contribution is 2.09. The predicted octanol–water partition coefficient (Wildman–Crippen LogP) is 2.22. The molecule has 0 aliphatic carbocycles. The molecule has 0 bridgehead atoms. The molecule has 0 spiro atoms. The molecule has 1 aromatic carbocycles. The van der Waals surface area contributed by atoms with E-state index in [2.05, 4.69) is 40.3 Å². The number of ether oxygens (including phenoxy) is 1. The lowest BCUT2D eigenvalue weighted by molar-refractivity contribution is -0.0376.